The molecule has 0 aliphatic rings. The van der Waals surface area contributed by atoms with Gasteiger partial charge in [0.05, 0.1) is 18.5 Å². The largest absolute Gasteiger partial charge is 0.497 e. The fourth-order valence-electron chi connectivity index (χ4n) is 2.03. The zero-order valence-corrected chi connectivity index (χ0v) is 13.7. The minimum atomic E-state index is 0.486. The molecule has 122 valence electrons. The molecule has 7 nitrogen and oxygen atoms in total. The molecule has 1 N–H and O–H groups in total. The summed E-state index contributed by atoms with van der Waals surface area (Å²) >= 11 is 5.84. The van der Waals surface area contributed by atoms with Crippen molar-refractivity contribution in [3.8, 4) is 11.4 Å². The van der Waals surface area contributed by atoms with E-state index in [1.54, 1.807) is 30.1 Å². The Morgan fingerprint density at radius 3 is 2.62 bits per heavy atom. The van der Waals surface area contributed by atoms with Crippen LogP contribution in [-0.2, 0) is 6.42 Å². The summed E-state index contributed by atoms with van der Waals surface area (Å²) in [4.78, 5) is 0. The first kappa shape index (κ1) is 15.9. The first-order valence-electron chi connectivity index (χ1n) is 7.21. The zero-order valence-electron chi connectivity index (χ0n) is 12.9. The summed E-state index contributed by atoms with van der Waals surface area (Å²) in [7, 11) is 1.63. The second-order valence-electron chi connectivity index (χ2n) is 4.84. The van der Waals surface area contributed by atoms with Crippen molar-refractivity contribution in [3.63, 3.8) is 0 Å². The van der Waals surface area contributed by atoms with Crippen LogP contribution >= 0.6 is 11.6 Å². The highest BCUT2D eigenvalue weighted by Crippen LogP contribution is 2.15. The van der Waals surface area contributed by atoms with Gasteiger partial charge in [-0.15, -0.1) is 5.10 Å². The summed E-state index contributed by atoms with van der Waals surface area (Å²) < 4.78 is 6.81. The van der Waals surface area contributed by atoms with Crippen LogP contribution in [0.3, 0.4) is 0 Å². The van der Waals surface area contributed by atoms with E-state index in [-0.39, 0.29) is 0 Å². The van der Waals surface area contributed by atoms with E-state index in [0.29, 0.717) is 17.3 Å². The molecule has 8 heteroatoms. The van der Waals surface area contributed by atoms with Gasteiger partial charge in [-0.3, -0.25) is 5.43 Å². The third-order valence-corrected chi connectivity index (χ3v) is 3.51. The number of methoxy groups -OCH3 is 1. The maximum atomic E-state index is 5.84. The van der Waals surface area contributed by atoms with Gasteiger partial charge in [-0.25, -0.2) is 0 Å². The number of rotatable bonds is 6. The molecule has 0 atom stereocenters. The van der Waals surface area contributed by atoms with Crippen molar-refractivity contribution in [1.82, 2.24) is 20.2 Å². The van der Waals surface area contributed by atoms with Crippen LogP contribution < -0.4 is 10.2 Å². The lowest BCUT2D eigenvalue weighted by molar-refractivity contribution is 0.414. The number of benzene rings is 2. The van der Waals surface area contributed by atoms with Crippen LogP contribution in [-0.4, -0.2) is 33.5 Å². The van der Waals surface area contributed by atoms with Gasteiger partial charge in [-0.05, 0) is 59.0 Å². The number of hydrogen-bond donors (Lipinski definition) is 1. The molecule has 3 rings (SSSR count). The van der Waals surface area contributed by atoms with Crippen molar-refractivity contribution >= 4 is 23.5 Å². The summed E-state index contributed by atoms with van der Waals surface area (Å²) in [6.45, 7) is 0. The van der Waals surface area contributed by atoms with E-state index in [1.807, 2.05) is 36.4 Å². The minimum absolute atomic E-state index is 0.486. The third kappa shape index (κ3) is 3.88. The second-order valence-corrected chi connectivity index (χ2v) is 5.28. The second kappa shape index (κ2) is 7.56. The highest BCUT2D eigenvalue weighted by atomic mass is 35.5. The van der Waals surface area contributed by atoms with Crippen molar-refractivity contribution in [1.29, 1.82) is 0 Å². The maximum absolute atomic E-state index is 5.84. The summed E-state index contributed by atoms with van der Waals surface area (Å²) in [5.41, 5.74) is 4.63. The number of ether oxygens (including phenoxy) is 1. The van der Waals surface area contributed by atoms with Crippen LogP contribution in [0.25, 0.3) is 5.69 Å². The van der Waals surface area contributed by atoms with Crippen molar-refractivity contribution in [2.45, 2.75) is 6.42 Å². The van der Waals surface area contributed by atoms with E-state index in [2.05, 4.69) is 26.1 Å². The standard InChI is InChI=1S/C16H15ClN6O/c1-24-15-8-6-14(7-9-15)23-16(20-21-22-23)10-11-18-19-13-4-2-12(17)3-5-13/h2-9,11,19H,10H2,1H3. The zero-order chi connectivity index (χ0) is 16.8. The van der Waals surface area contributed by atoms with Gasteiger partial charge in [0.15, 0.2) is 5.82 Å². The molecule has 2 aromatic carbocycles. The molecule has 3 aromatic rings. The topological polar surface area (TPSA) is 77.2 Å². The molecule has 0 radical (unpaired) electrons. The van der Waals surface area contributed by atoms with Crippen molar-refractivity contribution in [2.24, 2.45) is 5.10 Å². The Morgan fingerprint density at radius 1 is 1.17 bits per heavy atom. The Hall–Kier alpha value is -2.93. The van der Waals surface area contributed by atoms with Gasteiger partial charge in [0, 0.05) is 17.7 Å². The van der Waals surface area contributed by atoms with Gasteiger partial charge >= 0.3 is 0 Å². The molecule has 0 aliphatic carbocycles. The fraction of sp³-hybridized carbons (Fsp3) is 0.125. The quantitative estimate of drug-likeness (QED) is 0.550. The van der Waals surface area contributed by atoms with E-state index in [4.69, 9.17) is 16.3 Å². The first-order valence-corrected chi connectivity index (χ1v) is 7.59. The van der Waals surface area contributed by atoms with Gasteiger partial charge < -0.3 is 4.74 Å². The SMILES string of the molecule is COc1ccc(-n2nnnc2CC=NNc2ccc(Cl)cc2)cc1. The van der Waals surface area contributed by atoms with Gasteiger partial charge in [0.2, 0.25) is 0 Å². The molecule has 0 saturated carbocycles. The van der Waals surface area contributed by atoms with E-state index in [0.717, 1.165) is 17.1 Å². The van der Waals surface area contributed by atoms with Gasteiger partial charge in [-0.2, -0.15) is 9.78 Å². The Balaban J connectivity index is 1.64. The molecule has 0 amide bonds. The monoisotopic (exact) mass is 342 g/mol. The van der Waals surface area contributed by atoms with Crippen LogP contribution in [0, 0.1) is 0 Å². The summed E-state index contributed by atoms with van der Waals surface area (Å²) in [5.74, 6) is 1.46. The molecule has 24 heavy (non-hydrogen) atoms. The summed E-state index contributed by atoms with van der Waals surface area (Å²) in [6.07, 6.45) is 2.19. The van der Waals surface area contributed by atoms with Crippen LogP contribution in [0.4, 0.5) is 5.69 Å². The summed E-state index contributed by atoms with van der Waals surface area (Å²) in [5, 5.41) is 16.6. The smallest absolute Gasteiger partial charge is 0.162 e. The van der Waals surface area contributed by atoms with Gasteiger partial charge in [0.1, 0.15) is 5.75 Å². The lowest BCUT2D eigenvalue weighted by atomic mass is 10.3. The molecule has 1 heterocycles. The molecule has 0 saturated heterocycles. The third-order valence-electron chi connectivity index (χ3n) is 3.25. The molecular weight excluding hydrogens is 328 g/mol. The van der Waals surface area contributed by atoms with Crippen LogP contribution in [0.5, 0.6) is 5.75 Å². The fourth-order valence-corrected chi connectivity index (χ4v) is 2.15. The number of aromatic nitrogens is 4. The lowest BCUT2D eigenvalue weighted by Gasteiger charge is -2.04. The molecule has 0 aliphatic heterocycles. The highest BCUT2D eigenvalue weighted by molar-refractivity contribution is 6.30. The van der Waals surface area contributed by atoms with Gasteiger partial charge in [0.25, 0.3) is 0 Å². The first-order chi connectivity index (χ1) is 11.8. The average Bonchev–Trinajstić information content (AvgIpc) is 3.09. The Morgan fingerprint density at radius 2 is 1.92 bits per heavy atom. The Kier molecular flexibility index (Phi) is 5.02. The normalized spacial score (nSPS) is 10.9. The number of nitrogens with zero attached hydrogens (tertiary/aromatic N) is 5. The van der Waals surface area contributed by atoms with Crippen LogP contribution in [0.1, 0.15) is 5.82 Å². The number of hydrogen-bond acceptors (Lipinski definition) is 6. The predicted molar refractivity (Wildman–Crippen MR) is 93.0 cm³/mol. The number of anilines is 1. The van der Waals surface area contributed by atoms with Gasteiger partial charge in [-0.1, -0.05) is 11.6 Å². The Labute approximate surface area is 143 Å². The number of halogens is 1. The van der Waals surface area contributed by atoms with Crippen LogP contribution in [0.2, 0.25) is 5.02 Å². The summed E-state index contributed by atoms with van der Waals surface area (Å²) in [6, 6.07) is 14.8. The van der Waals surface area contributed by atoms with E-state index >= 15 is 0 Å². The molecule has 1 aromatic heterocycles. The maximum Gasteiger partial charge on any atom is 0.162 e. The lowest BCUT2D eigenvalue weighted by Crippen LogP contribution is -2.04. The molecule has 0 unspecified atom stereocenters. The van der Waals surface area contributed by atoms with Crippen LogP contribution in [0.15, 0.2) is 53.6 Å². The van der Waals surface area contributed by atoms with Crippen molar-refractivity contribution < 1.29 is 4.74 Å². The number of tetrazole rings is 1. The average molecular weight is 343 g/mol. The molecule has 0 bridgehead atoms. The predicted octanol–water partition coefficient (Wildman–Crippen LogP) is 2.96. The van der Waals surface area contributed by atoms with E-state index < -0.39 is 0 Å². The molecular formula is C16H15ClN6O. The van der Waals surface area contributed by atoms with E-state index in [1.165, 1.54) is 0 Å². The minimum Gasteiger partial charge on any atom is -0.497 e. The molecule has 0 spiro atoms. The van der Waals surface area contributed by atoms with Crippen molar-refractivity contribution in [2.75, 3.05) is 12.5 Å². The Bertz CT molecular complexity index is 813. The number of nitrogens with one attached hydrogen (secondary N) is 1. The molecule has 0 fully saturated rings. The highest BCUT2D eigenvalue weighted by Gasteiger charge is 2.07. The van der Waals surface area contributed by atoms with E-state index in [9.17, 15) is 0 Å². The van der Waals surface area contributed by atoms with Crippen molar-refractivity contribution in [3.05, 3.63) is 59.4 Å². The number of hydrazone groups is 1.